The maximum atomic E-state index is 5.65. The Bertz CT molecular complexity index is 123. The summed E-state index contributed by atoms with van der Waals surface area (Å²) in [5, 5.41) is 0. The van der Waals surface area contributed by atoms with Crippen LogP contribution in [0.2, 0.25) is 0 Å². The summed E-state index contributed by atoms with van der Waals surface area (Å²) in [5.74, 6) is 0.622. The molecule has 66 valence electrons. The van der Waals surface area contributed by atoms with Gasteiger partial charge in [-0.05, 0) is 20.3 Å². The molecule has 0 aliphatic carbocycles. The summed E-state index contributed by atoms with van der Waals surface area (Å²) in [7, 11) is 0. The molecule has 0 fully saturated rings. The smallest absolute Gasteiger partial charge is 0.123 e. The topological polar surface area (TPSA) is 47.6 Å². The number of hydrogen-bond donors (Lipinski definition) is 1. The van der Waals surface area contributed by atoms with Crippen molar-refractivity contribution in [3.05, 3.63) is 0 Å². The lowest BCUT2D eigenvalue weighted by Crippen LogP contribution is -2.31. The van der Waals surface area contributed by atoms with Crippen LogP contribution in [0.4, 0.5) is 0 Å². The molecular weight excluding hydrogens is 140 g/mol. The molecule has 11 heavy (non-hydrogen) atoms. The van der Waals surface area contributed by atoms with Crippen molar-refractivity contribution in [2.75, 3.05) is 13.2 Å². The Morgan fingerprint density at radius 2 is 2.09 bits per heavy atom. The molecule has 0 rings (SSSR count). The number of hydrogen-bond acceptors (Lipinski definition) is 2. The largest absolute Gasteiger partial charge is 0.385 e. The summed E-state index contributed by atoms with van der Waals surface area (Å²) in [6.07, 6.45) is 0.906. The second-order valence-electron chi connectivity index (χ2n) is 2.25. The van der Waals surface area contributed by atoms with Gasteiger partial charge in [-0.25, -0.2) is 0 Å². The molecule has 0 bridgehead atoms. The van der Waals surface area contributed by atoms with E-state index in [9.17, 15) is 0 Å². The molecule has 0 heterocycles. The average molecular weight is 158 g/mol. The molecule has 0 radical (unpaired) electrons. The lowest BCUT2D eigenvalue weighted by molar-refractivity contribution is 0.106. The standard InChI is InChI=1S/C8H18N2O/c1-4-7(11-6-3)8(9)10-5-2/h7H,4-6H2,1-3H3,(H2,9,10). The first kappa shape index (κ1) is 10.4. The highest BCUT2D eigenvalue weighted by atomic mass is 16.5. The second kappa shape index (κ2) is 6.16. The van der Waals surface area contributed by atoms with Gasteiger partial charge in [0.15, 0.2) is 0 Å². The SMILES string of the molecule is CCN=C(N)C(CC)OCC. The van der Waals surface area contributed by atoms with E-state index in [4.69, 9.17) is 10.5 Å². The van der Waals surface area contributed by atoms with Crippen LogP contribution in [0.25, 0.3) is 0 Å². The van der Waals surface area contributed by atoms with Crippen LogP contribution in [0.15, 0.2) is 4.99 Å². The molecule has 0 amide bonds. The van der Waals surface area contributed by atoms with Crippen molar-refractivity contribution in [2.45, 2.75) is 33.3 Å². The quantitative estimate of drug-likeness (QED) is 0.482. The van der Waals surface area contributed by atoms with E-state index in [2.05, 4.69) is 4.99 Å². The third-order valence-electron chi connectivity index (χ3n) is 1.41. The third-order valence-corrected chi connectivity index (χ3v) is 1.41. The molecule has 1 unspecified atom stereocenters. The van der Waals surface area contributed by atoms with Gasteiger partial charge >= 0.3 is 0 Å². The molecule has 0 aromatic heterocycles. The van der Waals surface area contributed by atoms with Crippen molar-refractivity contribution in [1.29, 1.82) is 0 Å². The normalized spacial score (nSPS) is 15.0. The summed E-state index contributed by atoms with van der Waals surface area (Å²) in [6.45, 7) is 7.39. The minimum atomic E-state index is 0.0138. The van der Waals surface area contributed by atoms with E-state index in [1.807, 2.05) is 20.8 Å². The van der Waals surface area contributed by atoms with Gasteiger partial charge in [-0.15, -0.1) is 0 Å². The molecule has 0 aliphatic rings. The lowest BCUT2D eigenvalue weighted by Gasteiger charge is -2.13. The summed E-state index contributed by atoms with van der Waals surface area (Å²) in [6, 6.07) is 0. The molecule has 0 aliphatic heterocycles. The Labute approximate surface area is 68.6 Å². The number of nitrogens with two attached hydrogens (primary N) is 1. The van der Waals surface area contributed by atoms with Gasteiger partial charge in [0.2, 0.25) is 0 Å². The van der Waals surface area contributed by atoms with Crippen LogP contribution in [0.1, 0.15) is 27.2 Å². The lowest BCUT2D eigenvalue weighted by atomic mass is 10.2. The zero-order valence-corrected chi connectivity index (χ0v) is 7.63. The molecular formula is C8H18N2O. The average Bonchev–Trinajstić information content (AvgIpc) is 2.00. The van der Waals surface area contributed by atoms with Crippen molar-refractivity contribution >= 4 is 5.84 Å². The fourth-order valence-electron chi connectivity index (χ4n) is 0.898. The minimum Gasteiger partial charge on any atom is -0.385 e. The molecule has 0 aromatic rings. The van der Waals surface area contributed by atoms with Crippen molar-refractivity contribution in [3.8, 4) is 0 Å². The first-order valence-electron chi connectivity index (χ1n) is 4.17. The Morgan fingerprint density at radius 1 is 1.45 bits per heavy atom. The van der Waals surface area contributed by atoms with E-state index in [1.165, 1.54) is 0 Å². The molecule has 0 aromatic carbocycles. The highest BCUT2D eigenvalue weighted by molar-refractivity contribution is 5.84. The Morgan fingerprint density at radius 3 is 2.45 bits per heavy atom. The third kappa shape index (κ3) is 3.98. The van der Waals surface area contributed by atoms with E-state index in [0.29, 0.717) is 12.4 Å². The van der Waals surface area contributed by atoms with Crippen LogP contribution in [-0.2, 0) is 4.74 Å². The van der Waals surface area contributed by atoms with Gasteiger partial charge in [-0.3, -0.25) is 4.99 Å². The highest BCUT2D eigenvalue weighted by Gasteiger charge is 2.08. The molecule has 1 atom stereocenters. The summed E-state index contributed by atoms with van der Waals surface area (Å²) in [4.78, 5) is 4.08. The van der Waals surface area contributed by atoms with Gasteiger partial charge in [0.25, 0.3) is 0 Å². The van der Waals surface area contributed by atoms with Crippen molar-refractivity contribution in [3.63, 3.8) is 0 Å². The van der Waals surface area contributed by atoms with Gasteiger partial charge in [-0.2, -0.15) is 0 Å². The number of aliphatic imine (C=N–C) groups is 1. The van der Waals surface area contributed by atoms with Crippen LogP contribution in [0.5, 0.6) is 0 Å². The van der Waals surface area contributed by atoms with Gasteiger partial charge in [0, 0.05) is 13.2 Å². The maximum Gasteiger partial charge on any atom is 0.123 e. The minimum absolute atomic E-state index is 0.0138. The summed E-state index contributed by atoms with van der Waals surface area (Å²) >= 11 is 0. The molecule has 0 spiro atoms. The predicted molar refractivity (Wildman–Crippen MR) is 47.9 cm³/mol. The maximum absolute atomic E-state index is 5.65. The fraction of sp³-hybridized carbons (Fsp3) is 0.875. The van der Waals surface area contributed by atoms with Gasteiger partial charge in [0.1, 0.15) is 11.9 Å². The zero-order chi connectivity index (χ0) is 8.69. The molecule has 0 saturated heterocycles. The number of rotatable bonds is 5. The Hall–Kier alpha value is -0.570. The van der Waals surface area contributed by atoms with Crippen LogP contribution >= 0.6 is 0 Å². The van der Waals surface area contributed by atoms with E-state index in [-0.39, 0.29) is 6.10 Å². The molecule has 0 saturated carbocycles. The molecule has 3 heteroatoms. The summed E-state index contributed by atoms with van der Waals surface area (Å²) < 4.78 is 5.35. The van der Waals surface area contributed by atoms with Crippen LogP contribution < -0.4 is 5.73 Å². The molecule has 3 nitrogen and oxygen atoms in total. The van der Waals surface area contributed by atoms with Crippen molar-refractivity contribution in [1.82, 2.24) is 0 Å². The first-order chi connectivity index (χ1) is 5.26. The van der Waals surface area contributed by atoms with E-state index < -0.39 is 0 Å². The highest BCUT2D eigenvalue weighted by Crippen LogP contribution is 1.97. The number of amidine groups is 1. The number of nitrogens with zero attached hydrogens (tertiary/aromatic N) is 1. The number of ether oxygens (including phenoxy) is 1. The first-order valence-corrected chi connectivity index (χ1v) is 4.17. The fourth-order valence-corrected chi connectivity index (χ4v) is 0.898. The predicted octanol–water partition coefficient (Wildman–Crippen LogP) is 1.18. The Kier molecular flexibility index (Phi) is 5.84. The van der Waals surface area contributed by atoms with Crippen LogP contribution in [0.3, 0.4) is 0 Å². The monoisotopic (exact) mass is 158 g/mol. The van der Waals surface area contributed by atoms with Gasteiger partial charge in [-0.1, -0.05) is 6.92 Å². The van der Waals surface area contributed by atoms with E-state index >= 15 is 0 Å². The van der Waals surface area contributed by atoms with E-state index in [1.54, 1.807) is 0 Å². The van der Waals surface area contributed by atoms with E-state index in [0.717, 1.165) is 13.0 Å². The van der Waals surface area contributed by atoms with Crippen LogP contribution in [0, 0.1) is 0 Å². The zero-order valence-electron chi connectivity index (χ0n) is 7.63. The Balaban J connectivity index is 3.90. The van der Waals surface area contributed by atoms with Gasteiger partial charge < -0.3 is 10.5 Å². The van der Waals surface area contributed by atoms with Gasteiger partial charge in [0.05, 0.1) is 0 Å². The summed E-state index contributed by atoms with van der Waals surface area (Å²) in [5.41, 5.74) is 5.65. The second-order valence-corrected chi connectivity index (χ2v) is 2.25. The molecule has 2 N–H and O–H groups in total. The van der Waals surface area contributed by atoms with Crippen molar-refractivity contribution < 1.29 is 4.74 Å². The van der Waals surface area contributed by atoms with Crippen LogP contribution in [-0.4, -0.2) is 25.1 Å². The van der Waals surface area contributed by atoms with Crippen molar-refractivity contribution in [2.24, 2.45) is 10.7 Å².